The first-order valence-electron chi connectivity index (χ1n) is 2.00. The monoisotopic (exact) mass is 96.1 g/mol. The Labute approximate surface area is 43.7 Å². The molecule has 0 aromatic rings. The molecule has 0 bridgehead atoms. The van der Waals surface area contributed by atoms with Crippen molar-refractivity contribution in [3.8, 4) is 6.07 Å². The summed E-state index contributed by atoms with van der Waals surface area (Å²) in [5, 5.41) is 7.95. The average molecular weight is 96.1 g/mol. The maximum Gasteiger partial charge on any atom is 0.0927 e. The van der Waals surface area contributed by atoms with Gasteiger partial charge in [-0.15, -0.1) is 0 Å². The molecule has 0 unspecified atom stereocenters. The molecule has 0 aliphatic rings. The maximum absolute atomic E-state index is 7.95. The van der Waals surface area contributed by atoms with Crippen LogP contribution in [0.25, 0.3) is 0 Å². The van der Waals surface area contributed by atoms with Crippen molar-refractivity contribution in [1.29, 1.82) is 5.26 Å². The first-order valence-corrected chi connectivity index (χ1v) is 2.00. The summed E-state index contributed by atoms with van der Waals surface area (Å²) in [5.41, 5.74) is 0. The van der Waals surface area contributed by atoms with Crippen LogP contribution >= 0.6 is 0 Å². The van der Waals surface area contributed by atoms with Gasteiger partial charge in [0, 0.05) is 26.4 Å². The van der Waals surface area contributed by atoms with Gasteiger partial charge in [0.05, 0.1) is 6.07 Å². The molecule has 0 fully saturated rings. The van der Waals surface area contributed by atoms with E-state index in [2.05, 4.69) is 0 Å². The van der Waals surface area contributed by atoms with Gasteiger partial charge in [-0.3, -0.25) is 0 Å². The zero-order chi connectivity index (χ0) is 5.70. The summed E-state index contributed by atoms with van der Waals surface area (Å²) in [6, 6.07) is 1.88. The van der Waals surface area contributed by atoms with Crippen LogP contribution in [0.4, 0.5) is 0 Å². The second-order valence-electron chi connectivity index (χ2n) is 1.41. The molecule has 0 heterocycles. The van der Waals surface area contributed by atoms with E-state index in [1.54, 1.807) is 6.20 Å². The van der Waals surface area contributed by atoms with E-state index in [9.17, 15) is 0 Å². The van der Waals surface area contributed by atoms with Gasteiger partial charge in [-0.05, 0) is 0 Å². The molecule has 38 valence electrons. The lowest BCUT2D eigenvalue weighted by atomic mass is 10.6. The standard InChI is InChI=1S/C5H8N2/c1-7(2)5-3-4-6/h3,5H,1-2H3/b5-3-. The van der Waals surface area contributed by atoms with E-state index in [0.717, 1.165) is 0 Å². The molecule has 2 nitrogen and oxygen atoms in total. The lowest BCUT2D eigenvalue weighted by Gasteiger charge is -1.99. The highest BCUT2D eigenvalue weighted by Crippen LogP contribution is 1.72. The van der Waals surface area contributed by atoms with Gasteiger partial charge in [-0.1, -0.05) is 0 Å². The van der Waals surface area contributed by atoms with Gasteiger partial charge in [0.25, 0.3) is 0 Å². The lowest BCUT2D eigenvalue weighted by Crippen LogP contribution is -1.99. The first kappa shape index (κ1) is 6.03. The molecule has 0 aliphatic carbocycles. The number of nitrogens with zero attached hydrogens (tertiary/aromatic N) is 2. The summed E-state index contributed by atoms with van der Waals surface area (Å²) < 4.78 is 0. The summed E-state index contributed by atoms with van der Waals surface area (Å²) >= 11 is 0. The van der Waals surface area contributed by atoms with E-state index in [0.29, 0.717) is 0 Å². The Morgan fingerprint density at radius 2 is 2.14 bits per heavy atom. The van der Waals surface area contributed by atoms with Crippen molar-refractivity contribution < 1.29 is 0 Å². The Morgan fingerprint density at radius 1 is 1.57 bits per heavy atom. The third-order valence-corrected chi connectivity index (χ3v) is 0.447. The summed E-state index contributed by atoms with van der Waals surface area (Å²) in [7, 11) is 3.74. The molecule has 0 saturated heterocycles. The fourth-order valence-corrected chi connectivity index (χ4v) is 0.182. The molecular weight excluding hydrogens is 88.1 g/mol. The third kappa shape index (κ3) is 5.03. The minimum atomic E-state index is 1.43. The first-order chi connectivity index (χ1) is 3.27. The van der Waals surface area contributed by atoms with Gasteiger partial charge >= 0.3 is 0 Å². The van der Waals surface area contributed by atoms with E-state index >= 15 is 0 Å². The van der Waals surface area contributed by atoms with Crippen LogP contribution in [-0.4, -0.2) is 19.0 Å². The normalized spacial score (nSPS) is 8.71. The number of hydrogen-bond acceptors (Lipinski definition) is 2. The van der Waals surface area contributed by atoms with Crippen LogP contribution < -0.4 is 0 Å². The smallest absolute Gasteiger partial charge is 0.0927 e. The van der Waals surface area contributed by atoms with Crippen LogP contribution in [0, 0.1) is 11.3 Å². The average Bonchev–Trinajstić information content (AvgIpc) is 1.61. The maximum atomic E-state index is 7.95. The van der Waals surface area contributed by atoms with Crippen LogP contribution in [0.5, 0.6) is 0 Å². The number of rotatable bonds is 1. The van der Waals surface area contributed by atoms with Crippen molar-refractivity contribution in [2.24, 2.45) is 0 Å². The van der Waals surface area contributed by atoms with Crippen molar-refractivity contribution >= 4 is 0 Å². The third-order valence-electron chi connectivity index (χ3n) is 0.447. The Bertz CT molecular complexity index is 97.1. The zero-order valence-corrected chi connectivity index (χ0v) is 4.55. The quantitative estimate of drug-likeness (QED) is 0.446. The number of nitriles is 1. The summed E-state index contributed by atoms with van der Waals surface area (Å²) in [4.78, 5) is 1.81. The molecule has 0 aliphatic heterocycles. The Hall–Kier alpha value is -0.970. The highest BCUT2D eigenvalue weighted by atomic mass is 15.0. The van der Waals surface area contributed by atoms with E-state index in [-0.39, 0.29) is 0 Å². The van der Waals surface area contributed by atoms with Crippen molar-refractivity contribution in [3.63, 3.8) is 0 Å². The Balaban J connectivity index is 3.31. The second-order valence-corrected chi connectivity index (χ2v) is 1.41. The molecule has 0 spiro atoms. The topological polar surface area (TPSA) is 27.0 Å². The van der Waals surface area contributed by atoms with Crippen LogP contribution in [0.2, 0.25) is 0 Å². The molecule has 2 heteroatoms. The fourth-order valence-electron chi connectivity index (χ4n) is 0.182. The van der Waals surface area contributed by atoms with Gasteiger partial charge in [0.2, 0.25) is 0 Å². The largest absolute Gasteiger partial charge is 0.383 e. The van der Waals surface area contributed by atoms with Gasteiger partial charge in [-0.2, -0.15) is 5.26 Å². The minimum Gasteiger partial charge on any atom is -0.383 e. The molecule has 7 heavy (non-hydrogen) atoms. The van der Waals surface area contributed by atoms with Gasteiger partial charge in [-0.25, -0.2) is 0 Å². The van der Waals surface area contributed by atoms with Gasteiger partial charge < -0.3 is 4.90 Å². The minimum absolute atomic E-state index is 1.43. The number of hydrogen-bond donors (Lipinski definition) is 0. The summed E-state index contributed by atoms with van der Waals surface area (Å²) in [6.45, 7) is 0. The van der Waals surface area contributed by atoms with Crippen molar-refractivity contribution in [1.82, 2.24) is 4.90 Å². The van der Waals surface area contributed by atoms with E-state index < -0.39 is 0 Å². The molecule has 0 atom stereocenters. The SMILES string of the molecule is CN(C)/C=C\C#N. The summed E-state index contributed by atoms with van der Waals surface area (Å²) in [5.74, 6) is 0. The van der Waals surface area contributed by atoms with Crippen LogP contribution in [0.3, 0.4) is 0 Å². The highest BCUT2D eigenvalue weighted by molar-refractivity contribution is 4.99. The summed E-state index contributed by atoms with van der Waals surface area (Å²) in [6.07, 6.45) is 3.12. The van der Waals surface area contributed by atoms with Gasteiger partial charge in [0.15, 0.2) is 0 Å². The van der Waals surface area contributed by atoms with E-state index in [1.165, 1.54) is 6.08 Å². The van der Waals surface area contributed by atoms with Crippen molar-refractivity contribution in [3.05, 3.63) is 12.3 Å². The van der Waals surface area contributed by atoms with Gasteiger partial charge in [0.1, 0.15) is 0 Å². The zero-order valence-electron chi connectivity index (χ0n) is 4.55. The predicted octanol–water partition coefficient (Wildman–Crippen LogP) is 0.585. The Kier molecular flexibility index (Phi) is 2.78. The Morgan fingerprint density at radius 3 is 2.29 bits per heavy atom. The lowest BCUT2D eigenvalue weighted by molar-refractivity contribution is 0.564. The molecule has 0 N–H and O–H groups in total. The molecule has 0 aromatic heterocycles. The van der Waals surface area contributed by atoms with Crippen LogP contribution in [-0.2, 0) is 0 Å². The molecule has 0 amide bonds. The highest BCUT2D eigenvalue weighted by Gasteiger charge is 1.69. The fraction of sp³-hybridized carbons (Fsp3) is 0.400. The van der Waals surface area contributed by atoms with Crippen LogP contribution in [0.1, 0.15) is 0 Å². The second kappa shape index (κ2) is 3.23. The molecule has 0 aromatic carbocycles. The molecule has 0 saturated carbocycles. The van der Waals surface area contributed by atoms with Crippen molar-refractivity contribution in [2.75, 3.05) is 14.1 Å². The number of allylic oxidation sites excluding steroid dienone is 1. The molecule has 0 rings (SSSR count). The van der Waals surface area contributed by atoms with Crippen LogP contribution in [0.15, 0.2) is 12.3 Å². The van der Waals surface area contributed by atoms with E-state index in [4.69, 9.17) is 5.26 Å². The predicted molar refractivity (Wildman–Crippen MR) is 28.4 cm³/mol. The molecular formula is C5H8N2. The molecule has 0 radical (unpaired) electrons. The van der Waals surface area contributed by atoms with Crippen molar-refractivity contribution in [2.45, 2.75) is 0 Å². The van der Waals surface area contributed by atoms with E-state index in [1.807, 2.05) is 25.1 Å².